The molecule has 0 aliphatic carbocycles. The van der Waals surface area contributed by atoms with Gasteiger partial charge in [-0.2, -0.15) is 13.2 Å². The number of rotatable bonds is 4. The minimum atomic E-state index is -4.73. The Morgan fingerprint density at radius 3 is 2.43 bits per heavy atom. The summed E-state index contributed by atoms with van der Waals surface area (Å²) in [4.78, 5) is 3.97. The average Bonchev–Trinajstić information content (AvgIpc) is 2.45. The molecule has 0 aliphatic heterocycles. The normalized spacial score (nSPS) is 12.1. The van der Waals surface area contributed by atoms with Gasteiger partial charge in [0.05, 0.1) is 17.5 Å². The van der Waals surface area contributed by atoms with E-state index in [9.17, 15) is 18.3 Å². The topological polar surface area (TPSA) is 69.0 Å². The molecule has 0 aliphatic rings. The molecule has 0 saturated carbocycles. The van der Waals surface area contributed by atoms with E-state index in [-0.39, 0.29) is 11.3 Å². The lowest BCUT2D eigenvalue weighted by atomic mass is 10.00. The SMILES string of the molecule is CC(C)(O)c1cncc(Nc2ccccc2C(=N)C(F)(F)F)c1. The van der Waals surface area contributed by atoms with Gasteiger partial charge in [0.2, 0.25) is 0 Å². The maximum Gasteiger partial charge on any atom is 0.433 e. The molecule has 0 amide bonds. The molecule has 0 saturated heterocycles. The van der Waals surface area contributed by atoms with E-state index in [2.05, 4.69) is 10.3 Å². The fraction of sp³-hybridized carbons (Fsp3) is 0.250. The van der Waals surface area contributed by atoms with Crippen LogP contribution in [0.5, 0.6) is 0 Å². The molecule has 0 spiro atoms. The van der Waals surface area contributed by atoms with Crippen LogP contribution in [0.25, 0.3) is 0 Å². The molecule has 1 heterocycles. The second-order valence-corrected chi connectivity index (χ2v) is 5.56. The molecule has 23 heavy (non-hydrogen) atoms. The smallest absolute Gasteiger partial charge is 0.386 e. The summed E-state index contributed by atoms with van der Waals surface area (Å²) in [6.45, 7) is 3.17. The minimum Gasteiger partial charge on any atom is -0.386 e. The largest absolute Gasteiger partial charge is 0.433 e. The predicted octanol–water partition coefficient (Wildman–Crippen LogP) is 3.98. The van der Waals surface area contributed by atoms with Gasteiger partial charge in [-0.3, -0.25) is 10.4 Å². The van der Waals surface area contributed by atoms with Crippen molar-refractivity contribution in [2.24, 2.45) is 0 Å². The van der Waals surface area contributed by atoms with Crippen LogP contribution in [-0.4, -0.2) is 22.0 Å². The first-order chi connectivity index (χ1) is 10.6. The maximum absolute atomic E-state index is 12.8. The molecule has 4 nitrogen and oxygen atoms in total. The van der Waals surface area contributed by atoms with Gasteiger partial charge in [-0.15, -0.1) is 0 Å². The van der Waals surface area contributed by atoms with Gasteiger partial charge in [-0.1, -0.05) is 18.2 Å². The monoisotopic (exact) mass is 323 g/mol. The van der Waals surface area contributed by atoms with Gasteiger partial charge in [-0.25, -0.2) is 0 Å². The van der Waals surface area contributed by atoms with Gasteiger partial charge in [0.15, 0.2) is 0 Å². The van der Waals surface area contributed by atoms with E-state index in [0.29, 0.717) is 11.3 Å². The van der Waals surface area contributed by atoms with Gasteiger partial charge in [-0.05, 0) is 26.0 Å². The van der Waals surface area contributed by atoms with Crippen LogP contribution in [-0.2, 0) is 5.60 Å². The van der Waals surface area contributed by atoms with E-state index < -0.39 is 17.5 Å². The standard InChI is InChI=1S/C16H16F3N3O/c1-15(2,23)10-7-11(9-21-8-10)22-13-6-4-3-5-12(13)14(20)16(17,18)19/h3-9,20,22-23H,1-2H3. The number of anilines is 2. The Balaban J connectivity index is 2.37. The Kier molecular flexibility index (Phi) is 4.42. The molecule has 0 fully saturated rings. The molecule has 0 unspecified atom stereocenters. The lowest BCUT2D eigenvalue weighted by Gasteiger charge is -2.19. The summed E-state index contributed by atoms with van der Waals surface area (Å²) >= 11 is 0. The van der Waals surface area contributed by atoms with Crippen molar-refractivity contribution in [1.82, 2.24) is 4.98 Å². The fourth-order valence-electron chi connectivity index (χ4n) is 1.96. The van der Waals surface area contributed by atoms with Gasteiger partial charge >= 0.3 is 6.18 Å². The van der Waals surface area contributed by atoms with Crippen molar-refractivity contribution >= 4 is 17.1 Å². The molecule has 2 aromatic rings. The molecule has 0 radical (unpaired) electrons. The van der Waals surface area contributed by atoms with Crippen LogP contribution in [0.3, 0.4) is 0 Å². The highest BCUT2D eigenvalue weighted by Crippen LogP contribution is 2.29. The summed E-state index contributed by atoms with van der Waals surface area (Å²) in [7, 11) is 0. The summed E-state index contributed by atoms with van der Waals surface area (Å²) in [5, 5.41) is 20.1. The number of aliphatic hydroxyl groups is 1. The molecule has 0 atom stereocenters. The second-order valence-electron chi connectivity index (χ2n) is 5.56. The summed E-state index contributed by atoms with van der Waals surface area (Å²) < 4.78 is 38.3. The first-order valence-electron chi connectivity index (χ1n) is 6.79. The van der Waals surface area contributed by atoms with Crippen molar-refractivity contribution in [2.45, 2.75) is 25.6 Å². The first-order valence-corrected chi connectivity index (χ1v) is 6.79. The number of halogens is 3. The summed E-state index contributed by atoms with van der Waals surface area (Å²) in [5.74, 6) is 0. The van der Waals surface area contributed by atoms with Crippen molar-refractivity contribution in [3.05, 3.63) is 53.9 Å². The number of benzene rings is 1. The number of hydrogen-bond acceptors (Lipinski definition) is 4. The third-order valence-corrected chi connectivity index (χ3v) is 3.20. The molecule has 0 bridgehead atoms. The number of nitrogens with zero attached hydrogens (tertiary/aromatic N) is 1. The Hall–Kier alpha value is -2.41. The minimum absolute atomic E-state index is 0.143. The zero-order chi connectivity index (χ0) is 17.3. The van der Waals surface area contributed by atoms with Gasteiger partial charge in [0, 0.05) is 23.0 Å². The predicted molar refractivity (Wildman–Crippen MR) is 82.1 cm³/mol. The maximum atomic E-state index is 12.8. The molecule has 3 N–H and O–H groups in total. The van der Waals surface area contributed by atoms with E-state index in [4.69, 9.17) is 5.41 Å². The van der Waals surface area contributed by atoms with Crippen molar-refractivity contribution < 1.29 is 18.3 Å². The van der Waals surface area contributed by atoms with Crippen LogP contribution in [0.4, 0.5) is 24.5 Å². The number of para-hydroxylation sites is 1. The lowest BCUT2D eigenvalue weighted by molar-refractivity contribution is -0.0587. The molecule has 1 aromatic heterocycles. The van der Waals surface area contributed by atoms with E-state index in [1.807, 2.05) is 0 Å². The van der Waals surface area contributed by atoms with E-state index in [0.717, 1.165) is 0 Å². The second kappa shape index (κ2) is 6.00. The summed E-state index contributed by atoms with van der Waals surface area (Å²) in [6.07, 6.45) is -1.82. The number of pyridine rings is 1. The molecular weight excluding hydrogens is 307 g/mol. The first kappa shape index (κ1) is 17.0. The molecule has 122 valence electrons. The third-order valence-electron chi connectivity index (χ3n) is 3.20. The van der Waals surface area contributed by atoms with Crippen LogP contribution in [0.1, 0.15) is 25.0 Å². The van der Waals surface area contributed by atoms with Crippen molar-refractivity contribution in [3.63, 3.8) is 0 Å². The summed E-state index contributed by atoms with van der Waals surface area (Å²) in [5.41, 5.74) is -1.72. The van der Waals surface area contributed by atoms with Crippen LogP contribution < -0.4 is 5.32 Å². The number of hydrogen-bond donors (Lipinski definition) is 3. The Bertz CT molecular complexity index is 721. The van der Waals surface area contributed by atoms with Gasteiger partial charge in [0.25, 0.3) is 0 Å². The molecule has 2 rings (SSSR count). The highest BCUT2D eigenvalue weighted by Gasteiger charge is 2.36. The van der Waals surface area contributed by atoms with Crippen LogP contribution >= 0.6 is 0 Å². The quantitative estimate of drug-likeness (QED) is 0.745. The molecular formula is C16H16F3N3O. The number of aromatic nitrogens is 1. The van der Waals surface area contributed by atoms with Gasteiger partial charge < -0.3 is 10.4 Å². The highest BCUT2D eigenvalue weighted by molar-refractivity contribution is 6.07. The zero-order valence-electron chi connectivity index (χ0n) is 12.6. The van der Waals surface area contributed by atoms with Crippen molar-refractivity contribution in [3.8, 4) is 0 Å². The van der Waals surface area contributed by atoms with E-state index >= 15 is 0 Å². The van der Waals surface area contributed by atoms with Crippen LogP contribution in [0.15, 0.2) is 42.7 Å². The van der Waals surface area contributed by atoms with Crippen LogP contribution in [0, 0.1) is 5.41 Å². The Morgan fingerprint density at radius 1 is 1.17 bits per heavy atom. The number of alkyl halides is 3. The Morgan fingerprint density at radius 2 is 1.83 bits per heavy atom. The lowest BCUT2D eigenvalue weighted by Crippen LogP contribution is -2.23. The fourth-order valence-corrected chi connectivity index (χ4v) is 1.96. The molecule has 7 heteroatoms. The van der Waals surface area contributed by atoms with Crippen molar-refractivity contribution in [1.29, 1.82) is 5.41 Å². The Labute approximate surface area is 131 Å². The van der Waals surface area contributed by atoms with Gasteiger partial charge in [0.1, 0.15) is 5.71 Å². The highest BCUT2D eigenvalue weighted by atomic mass is 19.4. The third kappa shape index (κ3) is 4.07. The van der Waals surface area contributed by atoms with Crippen LogP contribution in [0.2, 0.25) is 0 Å². The average molecular weight is 323 g/mol. The number of nitrogens with one attached hydrogen (secondary N) is 2. The zero-order valence-corrected chi connectivity index (χ0v) is 12.6. The summed E-state index contributed by atoms with van der Waals surface area (Å²) in [6, 6.07) is 7.29. The molecule has 1 aromatic carbocycles. The van der Waals surface area contributed by atoms with Crippen molar-refractivity contribution in [2.75, 3.05) is 5.32 Å². The van der Waals surface area contributed by atoms with E-state index in [1.165, 1.54) is 30.6 Å². The van der Waals surface area contributed by atoms with E-state index in [1.54, 1.807) is 26.0 Å².